The maximum absolute atomic E-state index is 12.7. The standard InChI is InChI=1S/C23H19N3O3/c24-17-3-1-2-15(10-17)22(28)16-6-9-19-20(23(29)26-21(19)11-16)12-25-18-7-4-14(13-27)5-8-18/h1-12,25,27H,13,24H2,(H,26,29). The molecule has 29 heavy (non-hydrogen) atoms. The van der Waals surface area contributed by atoms with Gasteiger partial charge in [-0.2, -0.15) is 0 Å². The second-order valence-corrected chi connectivity index (χ2v) is 6.73. The van der Waals surface area contributed by atoms with Crippen molar-refractivity contribution < 1.29 is 14.7 Å². The number of aliphatic hydroxyl groups excluding tert-OH is 1. The zero-order chi connectivity index (χ0) is 20.4. The van der Waals surface area contributed by atoms with E-state index in [1.807, 2.05) is 12.1 Å². The smallest absolute Gasteiger partial charge is 0.257 e. The topological polar surface area (TPSA) is 104 Å². The number of fused-ring (bicyclic) bond motifs is 1. The van der Waals surface area contributed by atoms with Crippen LogP contribution in [0.25, 0.3) is 5.57 Å². The third kappa shape index (κ3) is 3.74. The molecule has 1 aliphatic heterocycles. The average Bonchev–Trinajstić information content (AvgIpc) is 3.06. The maximum atomic E-state index is 12.7. The van der Waals surface area contributed by atoms with E-state index < -0.39 is 0 Å². The van der Waals surface area contributed by atoms with Gasteiger partial charge >= 0.3 is 0 Å². The number of rotatable bonds is 5. The summed E-state index contributed by atoms with van der Waals surface area (Å²) < 4.78 is 0. The number of hydrogen-bond acceptors (Lipinski definition) is 5. The maximum Gasteiger partial charge on any atom is 0.257 e. The molecule has 1 aliphatic rings. The summed E-state index contributed by atoms with van der Waals surface area (Å²) in [5.41, 5.74) is 10.7. The van der Waals surface area contributed by atoms with Crippen molar-refractivity contribution in [2.75, 3.05) is 16.4 Å². The van der Waals surface area contributed by atoms with Gasteiger partial charge in [-0.15, -0.1) is 0 Å². The van der Waals surface area contributed by atoms with E-state index in [0.717, 1.165) is 16.8 Å². The van der Waals surface area contributed by atoms with E-state index in [1.54, 1.807) is 60.8 Å². The average molecular weight is 385 g/mol. The lowest BCUT2D eigenvalue weighted by Gasteiger charge is -2.06. The number of nitrogens with one attached hydrogen (secondary N) is 2. The van der Waals surface area contributed by atoms with E-state index in [0.29, 0.717) is 28.1 Å². The van der Waals surface area contributed by atoms with Crippen molar-refractivity contribution in [3.05, 3.63) is 95.2 Å². The van der Waals surface area contributed by atoms with Crippen LogP contribution in [0.1, 0.15) is 27.0 Å². The monoisotopic (exact) mass is 385 g/mol. The van der Waals surface area contributed by atoms with Gasteiger partial charge in [0, 0.05) is 40.0 Å². The van der Waals surface area contributed by atoms with E-state index in [4.69, 9.17) is 10.8 Å². The van der Waals surface area contributed by atoms with E-state index in [1.165, 1.54) is 0 Å². The zero-order valence-corrected chi connectivity index (χ0v) is 15.5. The van der Waals surface area contributed by atoms with Gasteiger partial charge in [0.25, 0.3) is 5.91 Å². The molecule has 0 bridgehead atoms. The van der Waals surface area contributed by atoms with Crippen LogP contribution in [0.4, 0.5) is 17.1 Å². The lowest BCUT2D eigenvalue weighted by Crippen LogP contribution is -2.05. The highest BCUT2D eigenvalue weighted by molar-refractivity contribution is 6.32. The van der Waals surface area contributed by atoms with Gasteiger partial charge in [-0.3, -0.25) is 9.59 Å². The molecular formula is C23H19N3O3. The van der Waals surface area contributed by atoms with Crippen molar-refractivity contribution in [2.45, 2.75) is 6.61 Å². The van der Waals surface area contributed by atoms with Gasteiger partial charge in [-0.25, -0.2) is 0 Å². The van der Waals surface area contributed by atoms with Crippen LogP contribution in [-0.2, 0) is 11.4 Å². The van der Waals surface area contributed by atoms with E-state index in [2.05, 4.69) is 10.6 Å². The Morgan fingerprint density at radius 2 is 1.79 bits per heavy atom. The first-order valence-electron chi connectivity index (χ1n) is 9.07. The Balaban J connectivity index is 1.58. The molecule has 5 N–H and O–H groups in total. The van der Waals surface area contributed by atoms with Crippen molar-refractivity contribution in [2.24, 2.45) is 0 Å². The Morgan fingerprint density at radius 1 is 1.03 bits per heavy atom. The summed E-state index contributed by atoms with van der Waals surface area (Å²) in [6.07, 6.45) is 1.63. The first-order valence-corrected chi connectivity index (χ1v) is 9.07. The van der Waals surface area contributed by atoms with Crippen LogP contribution >= 0.6 is 0 Å². The molecule has 6 nitrogen and oxygen atoms in total. The zero-order valence-electron chi connectivity index (χ0n) is 15.5. The Bertz CT molecular complexity index is 1130. The molecule has 6 heteroatoms. The highest BCUT2D eigenvalue weighted by Gasteiger charge is 2.25. The minimum absolute atomic E-state index is 0.0201. The lowest BCUT2D eigenvalue weighted by molar-refractivity contribution is -0.110. The molecule has 144 valence electrons. The van der Waals surface area contributed by atoms with Gasteiger partial charge in [-0.05, 0) is 35.9 Å². The minimum atomic E-state index is -0.243. The summed E-state index contributed by atoms with van der Waals surface area (Å²) in [4.78, 5) is 25.1. The SMILES string of the molecule is Nc1cccc(C(=O)c2ccc3c(c2)NC(=O)C3=CNc2ccc(CO)cc2)c1. The quantitative estimate of drug-likeness (QED) is 0.306. The molecule has 0 atom stereocenters. The third-order valence-electron chi connectivity index (χ3n) is 4.73. The van der Waals surface area contributed by atoms with Crippen LogP contribution in [0, 0.1) is 0 Å². The van der Waals surface area contributed by atoms with Crippen LogP contribution < -0.4 is 16.4 Å². The second-order valence-electron chi connectivity index (χ2n) is 6.73. The summed E-state index contributed by atoms with van der Waals surface area (Å²) >= 11 is 0. The molecule has 0 saturated carbocycles. The molecule has 4 rings (SSSR count). The number of anilines is 3. The Morgan fingerprint density at radius 3 is 2.52 bits per heavy atom. The summed E-state index contributed by atoms with van der Waals surface area (Å²) in [5, 5.41) is 15.0. The number of carbonyl (C=O) groups excluding carboxylic acids is 2. The first kappa shape index (κ1) is 18.5. The fourth-order valence-electron chi connectivity index (χ4n) is 3.19. The summed E-state index contributed by atoms with van der Waals surface area (Å²) in [5.74, 6) is -0.401. The van der Waals surface area contributed by atoms with Gasteiger partial charge in [0.1, 0.15) is 0 Å². The number of aliphatic hydroxyl groups is 1. The van der Waals surface area contributed by atoms with Gasteiger partial charge in [0.2, 0.25) is 0 Å². The van der Waals surface area contributed by atoms with E-state index in [9.17, 15) is 9.59 Å². The third-order valence-corrected chi connectivity index (χ3v) is 4.73. The number of benzene rings is 3. The Hall–Kier alpha value is -3.90. The summed E-state index contributed by atoms with van der Waals surface area (Å²) in [6, 6.07) is 19.2. The molecule has 0 fully saturated rings. The highest BCUT2D eigenvalue weighted by atomic mass is 16.3. The van der Waals surface area contributed by atoms with Crippen LogP contribution in [-0.4, -0.2) is 16.8 Å². The molecule has 0 aliphatic carbocycles. The molecule has 1 amide bonds. The highest BCUT2D eigenvalue weighted by Crippen LogP contribution is 2.33. The van der Waals surface area contributed by atoms with Crippen LogP contribution in [0.5, 0.6) is 0 Å². The normalized spacial score (nSPS) is 13.8. The summed E-state index contributed by atoms with van der Waals surface area (Å²) in [6.45, 7) is -0.0201. The van der Waals surface area contributed by atoms with E-state index >= 15 is 0 Å². The molecule has 0 spiro atoms. The van der Waals surface area contributed by atoms with Gasteiger partial charge < -0.3 is 21.5 Å². The number of ketones is 1. The number of nitrogens with two attached hydrogens (primary N) is 1. The van der Waals surface area contributed by atoms with E-state index in [-0.39, 0.29) is 18.3 Å². The number of carbonyl (C=O) groups is 2. The molecule has 1 heterocycles. The molecule has 0 saturated heterocycles. The molecule has 3 aromatic rings. The Labute approximate surface area is 167 Å². The van der Waals surface area contributed by atoms with Crippen LogP contribution in [0.3, 0.4) is 0 Å². The van der Waals surface area contributed by atoms with Gasteiger partial charge in [0.05, 0.1) is 12.2 Å². The predicted octanol–water partition coefficient (Wildman–Crippen LogP) is 3.40. The minimum Gasteiger partial charge on any atom is -0.399 e. The number of nitrogen functional groups attached to an aromatic ring is 1. The van der Waals surface area contributed by atoms with Crippen molar-refractivity contribution in [3.63, 3.8) is 0 Å². The van der Waals surface area contributed by atoms with Gasteiger partial charge in [0.15, 0.2) is 5.78 Å². The Kier molecular flexibility index (Phi) is 4.85. The fourth-order valence-corrected chi connectivity index (χ4v) is 3.19. The summed E-state index contributed by atoms with van der Waals surface area (Å²) in [7, 11) is 0. The van der Waals surface area contributed by atoms with Crippen molar-refractivity contribution in [1.82, 2.24) is 0 Å². The number of amides is 1. The molecule has 3 aromatic carbocycles. The van der Waals surface area contributed by atoms with Gasteiger partial charge in [-0.1, -0.05) is 36.4 Å². The molecule has 0 aromatic heterocycles. The van der Waals surface area contributed by atoms with Crippen molar-refractivity contribution in [3.8, 4) is 0 Å². The largest absolute Gasteiger partial charge is 0.399 e. The molecule has 0 unspecified atom stereocenters. The predicted molar refractivity (Wildman–Crippen MR) is 113 cm³/mol. The second kappa shape index (κ2) is 7.61. The van der Waals surface area contributed by atoms with Crippen LogP contribution in [0.2, 0.25) is 0 Å². The molecular weight excluding hydrogens is 366 g/mol. The number of hydrogen-bond donors (Lipinski definition) is 4. The molecule has 0 radical (unpaired) electrons. The van der Waals surface area contributed by atoms with Crippen molar-refractivity contribution >= 4 is 34.3 Å². The van der Waals surface area contributed by atoms with Crippen molar-refractivity contribution in [1.29, 1.82) is 0 Å². The first-order chi connectivity index (χ1) is 14.0. The fraction of sp³-hybridized carbons (Fsp3) is 0.0435. The lowest BCUT2D eigenvalue weighted by atomic mass is 9.99. The van der Waals surface area contributed by atoms with Crippen LogP contribution in [0.15, 0.2) is 72.9 Å².